The number of aliphatic hydroxyl groups is 1. The van der Waals surface area contributed by atoms with E-state index < -0.39 is 0 Å². The molecule has 3 N–H and O–H groups in total. The number of hydrogen-bond acceptors (Lipinski definition) is 3. The van der Waals surface area contributed by atoms with E-state index in [9.17, 15) is 9.90 Å². The number of hydrogen-bond donors (Lipinski definition) is 3. The van der Waals surface area contributed by atoms with Crippen molar-refractivity contribution in [1.82, 2.24) is 5.32 Å². The van der Waals surface area contributed by atoms with Crippen LogP contribution in [0.5, 0.6) is 5.75 Å². The normalized spacial score (nSPS) is 22.0. The molecule has 0 aromatic heterocycles. The van der Waals surface area contributed by atoms with Crippen LogP contribution in [0.25, 0.3) is 0 Å². The maximum atomic E-state index is 11.7. The van der Waals surface area contributed by atoms with E-state index in [0.717, 1.165) is 19.3 Å². The Morgan fingerprint density at radius 2 is 2.32 bits per heavy atom. The van der Waals surface area contributed by atoms with Gasteiger partial charge < -0.3 is 20.5 Å². The van der Waals surface area contributed by atoms with Gasteiger partial charge in [0.15, 0.2) is 0 Å². The second kappa shape index (κ2) is 6.43. The number of aliphatic hydroxyl groups excluding tert-OH is 1. The molecule has 104 valence electrons. The molecule has 5 heteroatoms. The Hall–Kier alpha value is -1.75. The summed E-state index contributed by atoms with van der Waals surface area (Å²) < 4.78 is 5.09. The molecule has 1 aliphatic rings. The molecule has 0 aliphatic heterocycles. The second-order valence-corrected chi connectivity index (χ2v) is 4.83. The predicted octanol–water partition coefficient (Wildman–Crippen LogP) is 1.98. The SMILES string of the molecule is COc1cccc(NC(=O)NCC2CCCC2O)c1. The van der Waals surface area contributed by atoms with Gasteiger partial charge in [0.1, 0.15) is 5.75 Å². The molecule has 1 saturated carbocycles. The van der Waals surface area contributed by atoms with E-state index in [1.54, 1.807) is 19.2 Å². The standard InChI is InChI=1S/C14H20N2O3/c1-19-12-6-3-5-11(8-12)16-14(18)15-9-10-4-2-7-13(10)17/h3,5-6,8,10,13,17H,2,4,7,9H2,1H3,(H2,15,16,18). The van der Waals surface area contributed by atoms with Crippen molar-refractivity contribution >= 4 is 11.7 Å². The molecule has 1 fully saturated rings. The number of urea groups is 1. The van der Waals surface area contributed by atoms with Gasteiger partial charge in [-0.1, -0.05) is 12.5 Å². The number of carbonyl (C=O) groups is 1. The predicted molar refractivity (Wildman–Crippen MR) is 73.4 cm³/mol. The fourth-order valence-corrected chi connectivity index (χ4v) is 2.36. The van der Waals surface area contributed by atoms with Crippen LogP contribution >= 0.6 is 0 Å². The highest BCUT2D eigenvalue weighted by Crippen LogP contribution is 2.24. The largest absolute Gasteiger partial charge is 0.497 e. The van der Waals surface area contributed by atoms with Crippen LogP contribution in [0.3, 0.4) is 0 Å². The minimum Gasteiger partial charge on any atom is -0.497 e. The molecule has 0 spiro atoms. The van der Waals surface area contributed by atoms with E-state index in [-0.39, 0.29) is 18.1 Å². The van der Waals surface area contributed by atoms with Crippen molar-refractivity contribution in [3.8, 4) is 5.75 Å². The molecule has 0 radical (unpaired) electrons. The first kappa shape index (κ1) is 13.7. The highest BCUT2D eigenvalue weighted by molar-refractivity contribution is 5.89. The molecule has 0 bridgehead atoms. The van der Waals surface area contributed by atoms with Gasteiger partial charge in [0.05, 0.1) is 13.2 Å². The number of carbonyl (C=O) groups excluding carboxylic acids is 1. The van der Waals surface area contributed by atoms with E-state index in [1.165, 1.54) is 0 Å². The zero-order valence-corrected chi connectivity index (χ0v) is 11.1. The summed E-state index contributed by atoms with van der Waals surface area (Å²) in [7, 11) is 1.58. The van der Waals surface area contributed by atoms with Crippen molar-refractivity contribution in [2.45, 2.75) is 25.4 Å². The molecule has 1 aromatic carbocycles. The summed E-state index contributed by atoms with van der Waals surface area (Å²) in [5.41, 5.74) is 0.684. The first-order valence-corrected chi connectivity index (χ1v) is 6.56. The summed E-state index contributed by atoms with van der Waals surface area (Å²) in [5, 5.41) is 15.2. The molecule has 5 nitrogen and oxygen atoms in total. The summed E-state index contributed by atoms with van der Waals surface area (Å²) in [6, 6.07) is 6.93. The molecule has 2 amide bonds. The molecule has 0 saturated heterocycles. The van der Waals surface area contributed by atoms with Crippen LogP contribution < -0.4 is 15.4 Å². The van der Waals surface area contributed by atoms with Gasteiger partial charge in [0.2, 0.25) is 0 Å². The first-order chi connectivity index (χ1) is 9.19. The maximum Gasteiger partial charge on any atom is 0.319 e. The van der Waals surface area contributed by atoms with Crippen molar-refractivity contribution in [3.05, 3.63) is 24.3 Å². The van der Waals surface area contributed by atoms with Crippen LogP contribution in [0.1, 0.15) is 19.3 Å². The summed E-state index contributed by atoms with van der Waals surface area (Å²) in [6.07, 6.45) is 2.56. The Kier molecular flexibility index (Phi) is 4.63. The van der Waals surface area contributed by atoms with Crippen LogP contribution in [0, 0.1) is 5.92 Å². The number of nitrogens with one attached hydrogen (secondary N) is 2. The third-order valence-electron chi connectivity index (χ3n) is 3.47. The quantitative estimate of drug-likeness (QED) is 0.778. The number of methoxy groups -OCH3 is 1. The summed E-state index contributed by atoms with van der Waals surface area (Å²) in [4.78, 5) is 11.7. The zero-order valence-electron chi connectivity index (χ0n) is 11.1. The lowest BCUT2D eigenvalue weighted by atomic mass is 10.1. The van der Waals surface area contributed by atoms with Crippen LogP contribution in [-0.2, 0) is 0 Å². The van der Waals surface area contributed by atoms with Crippen molar-refractivity contribution in [1.29, 1.82) is 0 Å². The Morgan fingerprint density at radius 3 is 3.00 bits per heavy atom. The molecule has 2 atom stereocenters. The van der Waals surface area contributed by atoms with Gasteiger partial charge in [-0.05, 0) is 25.0 Å². The third-order valence-corrected chi connectivity index (χ3v) is 3.47. The van der Waals surface area contributed by atoms with Gasteiger partial charge in [0, 0.05) is 24.2 Å². The molecule has 2 rings (SSSR count). The number of benzene rings is 1. The van der Waals surface area contributed by atoms with E-state index in [2.05, 4.69) is 10.6 Å². The van der Waals surface area contributed by atoms with Crippen LogP contribution in [0.4, 0.5) is 10.5 Å². The number of rotatable bonds is 4. The molecular weight excluding hydrogens is 244 g/mol. The van der Waals surface area contributed by atoms with E-state index >= 15 is 0 Å². The molecule has 2 unspecified atom stereocenters. The lowest BCUT2D eigenvalue weighted by molar-refractivity contribution is 0.133. The lowest BCUT2D eigenvalue weighted by Gasteiger charge is -2.15. The van der Waals surface area contributed by atoms with Crippen molar-refractivity contribution in [2.24, 2.45) is 5.92 Å². The second-order valence-electron chi connectivity index (χ2n) is 4.83. The Balaban J connectivity index is 1.80. The molecule has 1 aromatic rings. The van der Waals surface area contributed by atoms with Gasteiger partial charge in [-0.15, -0.1) is 0 Å². The van der Waals surface area contributed by atoms with E-state index in [4.69, 9.17) is 4.74 Å². The highest BCUT2D eigenvalue weighted by Gasteiger charge is 2.25. The average Bonchev–Trinajstić information content (AvgIpc) is 2.82. The smallest absolute Gasteiger partial charge is 0.319 e. The van der Waals surface area contributed by atoms with Crippen LogP contribution in [0.15, 0.2) is 24.3 Å². The van der Waals surface area contributed by atoms with Gasteiger partial charge in [-0.25, -0.2) is 4.79 Å². The number of amides is 2. The summed E-state index contributed by atoms with van der Waals surface area (Å²) in [5.74, 6) is 0.875. The lowest BCUT2D eigenvalue weighted by Crippen LogP contribution is -2.35. The number of anilines is 1. The first-order valence-electron chi connectivity index (χ1n) is 6.56. The average molecular weight is 264 g/mol. The molecule has 1 aliphatic carbocycles. The minimum absolute atomic E-state index is 0.177. The van der Waals surface area contributed by atoms with E-state index in [1.807, 2.05) is 12.1 Å². The Bertz CT molecular complexity index is 436. The highest BCUT2D eigenvalue weighted by atomic mass is 16.5. The topological polar surface area (TPSA) is 70.6 Å². The molecule has 19 heavy (non-hydrogen) atoms. The van der Waals surface area contributed by atoms with E-state index in [0.29, 0.717) is 18.0 Å². The molecular formula is C14H20N2O3. The van der Waals surface area contributed by atoms with Gasteiger partial charge in [0.25, 0.3) is 0 Å². The van der Waals surface area contributed by atoms with Gasteiger partial charge >= 0.3 is 6.03 Å². The fraction of sp³-hybridized carbons (Fsp3) is 0.500. The Labute approximate surface area is 113 Å². The van der Waals surface area contributed by atoms with Gasteiger partial charge in [-0.3, -0.25) is 0 Å². The van der Waals surface area contributed by atoms with Crippen molar-refractivity contribution in [3.63, 3.8) is 0 Å². The molecule has 0 heterocycles. The third kappa shape index (κ3) is 3.86. The van der Waals surface area contributed by atoms with Gasteiger partial charge in [-0.2, -0.15) is 0 Å². The maximum absolute atomic E-state index is 11.7. The summed E-state index contributed by atoms with van der Waals surface area (Å²) >= 11 is 0. The zero-order chi connectivity index (χ0) is 13.7. The van der Waals surface area contributed by atoms with Crippen LogP contribution in [0.2, 0.25) is 0 Å². The van der Waals surface area contributed by atoms with Crippen molar-refractivity contribution < 1.29 is 14.6 Å². The monoisotopic (exact) mass is 264 g/mol. The Morgan fingerprint density at radius 1 is 1.47 bits per heavy atom. The van der Waals surface area contributed by atoms with Crippen molar-refractivity contribution in [2.75, 3.05) is 19.0 Å². The van der Waals surface area contributed by atoms with Crippen LogP contribution in [-0.4, -0.2) is 30.9 Å². The minimum atomic E-state index is -0.280. The number of ether oxygens (including phenoxy) is 1. The fourth-order valence-electron chi connectivity index (χ4n) is 2.36. The summed E-state index contributed by atoms with van der Waals surface area (Å²) in [6.45, 7) is 0.511.